The predicted molar refractivity (Wildman–Crippen MR) is 115 cm³/mol. The topological polar surface area (TPSA) is 27.7 Å². The molecule has 10 heteroatoms. The van der Waals surface area contributed by atoms with Crippen molar-refractivity contribution in [3.8, 4) is 22.6 Å². The molecule has 2 aromatic rings. The van der Waals surface area contributed by atoms with E-state index in [4.69, 9.17) is 9.47 Å². The third-order valence-corrected chi connectivity index (χ3v) is 5.40. The highest BCUT2D eigenvalue weighted by molar-refractivity contribution is 5.65. The first kappa shape index (κ1) is 26.6. The molecule has 0 spiro atoms. The summed E-state index contributed by atoms with van der Waals surface area (Å²) in [6.45, 7) is 2.21. The second-order valence-electron chi connectivity index (χ2n) is 7.97. The summed E-state index contributed by atoms with van der Waals surface area (Å²) < 4.78 is 109. The Bertz CT molecular complexity index is 1030. The summed E-state index contributed by atoms with van der Waals surface area (Å²) in [5.74, 6) is -4.22. The fraction of sp³-hybridized carbons (Fsp3) is 0.360. The zero-order chi connectivity index (χ0) is 25.6. The van der Waals surface area contributed by atoms with Gasteiger partial charge in [0.1, 0.15) is 5.75 Å². The van der Waals surface area contributed by atoms with Crippen LogP contribution in [-0.4, -0.2) is 18.8 Å². The van der Waals surface area contributed by atoms with Crippen LogP contribution in [0, 0.1) is 17.6 Å². The van der Waals surface area contributed by atoms with Crippen molar-refractivity contribution < 1.29 is 44.9 Å². The molecule has 1 heterocycles. The molecular weight excluding hydrogens is 481 g/mol. The second-order valence-corrected chi connectivity index (χ2v) is 7.97. The van der Waals surface area contributed by atoms with Crippen LogP contribution in [0.4, 0.5) is 30.7 Å². The maximum Gasteiger partial charge on any atom is 0.424 e. The van der Waals surface area contributed by atoms with Gasteiger partial charge in [0, 0.05) is 0 Å². The van der Waals surface area contributed by atoms with Gasteiger partial charge in [-0.05, 0) is 67.0 Å². The van der Waals surface area contributed by atoms with Crippen molar-refractivity contribution in [2.45, 2.75) is 44.8 Å². The van der Waals surface area contributed by atoms with Crippen LogP contribution < -0.4 is 9.47 Å². The van der Waals surface area contributed by atoms with Gasteiger partial charge >= 0.3 is 18.2 Å². The smallest absolute Gasteiger partial charge is 0.424 e. The zero-order valence-electron chi connectivity index (χ0n) is 18.7. The number of rotatable bonds is 9. The third kappa shape index (κ3) is 7.00. The van der Waals surface area contributed by atoms with Gasteiger partial charge in [-0.2, -0.15) is 22.0 Å². The van der Waals surface area contributed by atoms with Crippen LogP contribution in [0.25, 0.3) is 11.1 Å². The summed E-state index contributed by atoms with van der Waals surface area (Å²) in [5, 5.41) is 0. The van der Waals surface area contributed by atoms with Crippen LogP contribution in [0.3, 0.4) is 0 Å². The number of alkyl halides is 2. The minimum Gasteiger partial charge on any atom is -0.431 e. The number of hydrogen-bond donors (Lipinski definition) is 0. The van der Waals surface area contributed by atoms with Crippen molar-refractivity contribution in [2.24, 2.45) is 5.92 Å². The Labute approximate surface area is 197 Å². The first-order chi connectivity index (χ1) is 16.6. The van der Waals surface area contributed by atoms with E-state index >= 15 is 0 Å². The molecule has 0 amide bonds. The van der Waals surface area contributed by atoms with E-state index in [-0.39, 0.29) is 35.8 Å². The first-order valence-electron chi connectivity index (χ1n) is 10.9. The Kier molecular flexibility index (Phi) is 8.82. The summed E-state index contributed by atoms with van der Waals surface area (Å²) in [6.07, 6.45) is -1.46. The van der Waals surface area contributed by atoms with Gasteiger partial charge in [0.05, 0.1) is 6.61 Å². The fourth-order valence-corrected chi connectivity index (χ4v) is 3.60. The number of benzene rings is 2. The van der Waals surface area contributed by atoms with E-state index in [0.29, 0.717) is 6.42 Å². The lowest BCUT2D eigenvalue weighted by Gasteiger charge is -2.33. The second kappa shape index (κ2) is 11.6. The Morgan fingerprint density at radius 2 is 1.66 bits per heavy atom. The van der Waals surface area contributed by atoms with Crippen LogP contribution in [0.2, 0.25) is 0 Å². The lowest BCUT2D eigenvalue weighted by molar-refractivity contribution is -0.264. The quantitative estimate of drug-likeness (QED) is 0.196. The van der Waals surface area contributed by atoms with Gasteiger partial charge in [0.15, 0.2) is 17.7 Å². The molecule has 0 radical (unpaired) electrons. The van der Waals surface area contributed by atoms with Gasteiger partial charge in [-0.1, -0.05) is 31.2 Å². The molecule has 0 aromatic heterocycles. The van der Waals surface area contributed by atoms with Crippen molar-refractivity contribution in [2.75, 3.05) is 6.61 Å². The monoisotopic (exact) mass is 504 g/mol. The van der Waals surface area contributed by atoms with Crippen molar-refractivity contribution in [3.63, 3.8) is 0 Å². The molecule has 35 heavy (non-hydrogen) atoms. The minimum atomic E-state index is -3.59. The predicted octanol–water partition coefficient (Wildman–Crippen LogP) is 8.17. The summed E-state index contributed by atoms with van der Waals surface area (Å²) in [6, 6.07) is 3.96. The molecule has 3 nitrogen and oxygen atoms in total. The van der Waals surface area contributed by atoms with E-state index in [1.165, 1.54) is 24.3 Å². The van der Waals surface area contributed by atoms with Gasteiger partial charge in [0.25, 0.3) is 0 Å². The molecule has 3 rings (SSSR count). The zero-order valence-corrected chi connectivity index (χ0v) is 18.7. The molecule has 0 aliphatic carbocycles. The van der Waals surface area contributed by atoms with Gasteiger partial charge < -0.3 is 14.2 Å². The van der Waals surface area contributed by atoms with Crippen LogP contribution in [-0.2, 0) is 4.74 Å². The van der Waals surface area contributed by atoms with Gasteiger partial charge in [-0.25, -0.2) is 8.78 Å². The largest absolute Gasteiger partial charge is 0.431 e. The molecule has 190 valence electrons. The average Bonchev–Trinajstić information content (AvgIpc) is 2.82. The lowest BCUT2D eigenvalue weighted by atomic mass is 9.95. The van der Waals surface area contributed by atoms with Gasteiger partial charge in [-0.15, -0.1) is 0 Å². The Balaban J connectivity index is 1.65. The lowest BCUT2D eigenvalue weighted by Crippen LogP contribution is -2.44. The highest BCUT2D eigenvalue weighted by Crippen LogP contribution is 2.35. The molecule has 2 unspecified atom stereocenters. The summed E-state index contributed by atoms with van der Waals surface area (Å²) in [5.41, 5.74) is 0.143. The molecule has 1 fully saturated rings. The summed E-state index contributed by atoms with van der Waals surface area (Å²) in [4.78, 5) is 0. The fourth-order valence-electron chi connectivity index (χ4n) is 3.60. The first-order valence-corrected chi connectivity index (χ1v) is 10.9. The van der Waals surface area contributed by atoms with E-state index in [9.17, 15) is 30.7 Å². The number of allylic oxidation sites excluding steroid dienone is 2. The number of ether oxygens (including phenoxy) is 3. The van der Waals surface area contributed by atoms with Gasteiger partial charge in [-0.3, -0.25) is 0 Å². The number of hydrogen-bond acceptors (Lipinski definition) is 3. The molecule has 0 N–H and O–H groups in total. The van der Waals surface area contributed by atoms with Crippen LogP contribution in [0.15, 0.2) is 60.6 Å². The Morgan fingerprint density at radius 1 is 1.00 bits per heavy atom. The van der Waals surface area contributed by atoms with E-state index < -0.39 is 41.7 Å². The van der Waals surface area contributed by atoms with E-state index in [2.05, 4.69) is 4.74 Å². The van der Waals surface area contributed by atoms with E-state index in [0.717, 1.165) is 25.0 Å². The van der Waals surface area contributed by atoms with Crippen molar-refractivity contribution in [1.29, 1.82) is 0 Å². The normalized spacial score (nSPS) is 18.5. The number of halogens is 7. The molecule has 2 aromatic carbocycles. The van der Waals surface area contributed by atoms with Crippen LogP contribution >= 0.6 is 0 Å². The van der Waals surface area contributed by atoms with Crippen LogP contribution in [0.5, 0.6) is 11.5 Å². The van der Waals surface area contributed by atoms with E-state index in [1.54, 1.807) is 0 Å². The molecular formula is C25H23F7O3. The minimum absolute atomic E-state index is 0.0606. The maximum absolute atomic E-state index is 14.6. The van der Waals surface area contributed by atoms with Gasteiger partial charge in [0.2, 0.25) is 5.75 Å². The maximum atomic E-state index is 14.6. The Hall–Kier alpha value is -3.01. The summed E-state index contributed by atoms with van der Waals surface area (Å²) in [7, 11) is 0. The molecule has 0 bridgehead atoms. The summed E-state index contributed by atoms with van der Waals surface area (Å²) >= 11 is 0. The molecule has 1 saturated heterocycles. The molecule has 2 atom stereocenters. The SMILES string of the molecule is CC/C=C\CC1CCC(C(F)(F)Oc2ccc(-c3cc(F)c(OC(F)=C(F)F)c(F)c3)cc2)OC1. The van der Waals surface area contributed by atoms with Crippen LogP contribution in [0.1, 0.15) is 32.6 Å². The average molecular weight is 504 g/mol. The van der Waals surface area contributed by atoms with E-state index in [1.807, 2.05) is 19.1 Å². The molecule has 1 aliphatic rings. The van der Waals surface area contributed by atoms with Crippen molar-refractivity contribution in [1.82, 2.24) is 0 Å². The molecule has 0 saturated carbocycles. The van der Waals surface area contributed by atoms with Crippen molar-refractivity contribution in [3.05, 3.63) is 72.3 Å². The highest BCUT2D eigenvalue weighted by atomic mass is 19.3. The standard InChI is InChI=1S/C25H23F7O3/c1-2-3-4-5-15-6-11-21(33-14-15)25(31,32)35-18-9-7-16(8-10-18)17-12-19(26)22(20(27)13-17)34-24(30)23(28)29/h3-4,7-10,12-13,15,21H,2,5-6,11,14H2,1H3/b4-3-. The van der Waals surface area contributed by atoms with Crippen molar-refractivity contribution >= 4 is 0 Å². The highest BCUT2D eigenvalue weighted by Gasteiger charge is 2.45. The Morgan fingerprint density at radius 3 is 2.20 bits per heavy atom. The molecule has 1 aliphatic heterocycles. The third-order valence-electron chi connectivity index (χ3n) is 5.40.